The second kappa shape index (κ2) is 55.3. The summed E-state index contributed by atoms with van der Waals surface area (Å²) in [7, 11) is 0. The smallest absolute Gasteiger partial charge is 0.493 e. The van der Waals surface area contributed by atoms with Gasteiger partial charge < -0.3 is 19.4 Å². The van der Waals surface area contributed by atoms with E-state index in [1.54, 1.807) is 0 Å². The maximum absolute atomic E-state index is 11.6. The third-order valence-electron chi connectivity index (χ3n) is 14.9. The van der Waals surface area contributed by atoms with Gasteiger partial charge in [0.15, 0.2) is 0 Å². The molecule has 1 aliphatic heterocycles. The molecule has 74 heavy (non-hydrogen) atoms. The molecule has 0 unspecified atom stereocenters. The summed E-state index contributed by atoms with van der Waals surface area (Å²) >= 11 is 0. The minimum absolute atomic E-state index is 0. The van der Waals surface area contributed by atoms with Crippen molar-refractivity contribution in [2.24, 2.45) is 0 Å². The van der Waals surface area contributed by atoms with Crippen LogP contribution in [0.2, 0.25) is 0 Å². The van der Waals surface area contributed by atoms with Gasteiger partial charge in [-0.05, 0) is 67.5 Å². The van der Waals surface area contributed by atoms with Gasteiger partial charge in [-0.25, -0.2) is 4.70 Å². The van der Waals surface area contributed by atoms with Gasteiger partial charge in [-0.3, -0.25) is 0 Å². The first-order valence-electron chi connectivity index (χ1n) is 32.2. The molecule has 0 saturated heterocycles. The van der Waals surface area contributed by atoms with Crippen molar-refractivity contribution in [2.75, 3.05) is 0 Å². The Morgan fingerprint density at radius 2 is 0.703 bits per heavy atom. The third kappa shape index (κ3) is 39.9. The Kier molecular flexibility index (Phi) is 53.5. The van der Waals surface area contributed by atoms with Gasteiger partial charge >= 0.3 is 16.5 Å². The largest absolute Gasteiger partial charge is 2.00 e. The van der Waals surface area contributed by atoms with Crippen molar-refractivity contribution in [1.82, 2.24) is 0 Å². The third-order valence-corrected chi connectivity index (χ3v) is 14.9. The molecule has 424 valence electrons. The second-order valence-corrected chi connectivity index (χ2v) is 22.0. The molecule has 2 aromatic carbocycles. The first-order chi connectivity index (χ1) is 36.0. The van der Waals surface area contributed by atoms with E-state index in [0.29, 0.717) is 0 Å². The summed E-state index contributed by atoms with van der Waals surface area (Å²) in [6.07, 6.45) is 64.2. The van der Waals surface area contributed by atoms with Crippen LogP contribution in [-0.2, 0) is 29.3 Å². The van der Waals surface area contributed by atoms with Crippen molar-refractivity contribution < 1.29 is 21.2 Å². The van der Waals surface area contributed by atoms with Gasteiger partial charge in [0.2, 0.25) is 11.4 Å². The Morgan fingerprint density at radius 3 is 1.05 bits per heavy atom. The van der Waals surface area contributed by atoms with Crippen LogP contribution in [0.25, 0.3) is 16.9 Å². The first kappa shape index (κ1) is 71.6. The molecular formula is C71H120N2Ni. The average Bonchev–Trinajstić information content (AvgIpc) is 3.75. The Balaban J connectivity index is 0.00000191. The van der Waals surface area contributed by atoms with E-state index < -0.39 is 0 Å². The zero-order chi connectivity index (χ0) is 52.9. The molecule has 3 rings (SSSR count). The predicted octanol–water partition coefficient (Wildman–Crippen LogP) is 24.5. The molecule has 0 fully saturated rings. The molecule has 0 aromatic heterocycles. The fourth-order valence-electron chi connectivity index (χ4n) is 10.0. The number of nitrogens with zero attached hydrogens (tertiary/aromatic N) is 2. The topological polar surface area (TPSA) is 25.3 Å². The molecule has 0 bridgehead atoms. The van der Waals surface area contributed by atoms with E-state index in [0.717, 1.165) is 66.6 Å². The van der Waals surface area contributed by atoms with Crippen LogP contribution in [0, 0.1) is 25.7 Å². The van der Waals surface area contributed by atoms with Crippen molar-refractivity contribution in [3.63, 3.8) is 0 Å². The van der Waals surface area contributed by atoms with Crippen LogP contribution in [0.3, 0.4) is 0 Å². The second-order valence-electron chi connectivity index (χ2n) is 22.0. The summed E-state index contributed by atoms with van der Waals surface area (Å²) in [6.45, 7) is 19.0. The van der Waals surface area contributed by atoms with Gasteiger partial charge in [-0.15, -0.1) is 0 Å². The van der Waals surface area contributed by atoms with Crippen LogP contribution in [0.4, 0.5) is 0 Å². The molecular weight excluding hydrogens is 939 g/mol. The molecule has 1 heterocycles. The van der Waals surface area contributed by atoms with Crippen LogP contribution in [0.1, 0.15) is 339 Å². The van der Waals surface area contributed by atoms with E-state index in [1.807, 2.05) is 0 Å². The van der Waals surface area contributed by atoms with Crippen molar-refractivity contribution in [3.8, 4) is 11.8 Å². The van der Waals surface area contributed by atoms with Gasteiger partial charge in [0.25, 0.3) is 0 Å². The summed E-state index contributed by atoms with van der Waals surface area (Å²) in [5, 5.41) is 0. The molecule has 2 nitrogen and oxygen atoms in total. The number of hydrogen-bond acceptors (Lipinski definition) is 0. The van der Waals surface area contributed by atoms with Crippen molar-refractivity contribution >= 4 is 11.4 Å². The van der Waals surface area contributed by atoms with Crippen molar-refractivity contribution in [2.45, 2.75) is 330 Å². The van der Waals surface area contributed by atoms with E-state index in [9.17, 15) is 5.53 Å². The fourth-order valence-corrected chi connectivity index (χ4v) is 10.0. The van der Waals surface area contributed by atoms with Gasteiger partial charge in [0.1, 0.15) is 5.57 Å². The molecule has 0 spiro atoms. The zero-order valence-electron chi connectivity index (χ0n) is 49.8. The first-order valence-corrected chi connectivity index (χ1v) is 32.2. The summed E-state index contributed by atoms with van der Waals surface area (Å²) < 4.78 is 1.39. The minimum Gasteiger partial charge on any atom is -0.493 e. The Morgan fingerprint density at radius 1 is 0.392 bits per heavy atom. The Labute approximate surface area is 473 Å². The number of rotatable bonds is 45. The molecule has 0 aliphatic carbocycles. The zero-order valence-corrected chi connectivity index (χ0v) is 50.8. The number of allylic oxidation sites excluding steroid dienone is 2. The van der Waals surface area contributed by atoms with Gasteiger partial charge in [0.05, 0.1) is 0 Å². The molecule has 0 radical (unpaired) electrons. The van der Waals surface area contributed by atoms with Crippen LogP contribution in [0.15, 0.2) is 60.2 Å². The summed E-state index contributed by atoms with van der Waals surface area (Å²) in [4.78, 5) is 0. The van der Waals surface area contributed by atoms with E-state index in [-0.39, 0.29) is 16.5 Å². The molecule has 3 heteroatoms. The van der Waals surface area contributed by atoms with Crippen LogP contribution < -0.4 is 0 Å². The maximum Gasteiger partial charge on any atom is 2.00 e. The molecule has 0 saturated carbocycles. The van der Waals surface area contributed by atoms with E-state index >= 15 is 0 Å². The molecule has 0 atom stereocenters. The number of hydrogen-bond donors (Lipinski definition) is 0. The van der Waals surface area contributed by atoms with Crippen molar-refractivity contribution in [3.05, 3.63) is 102 Å². The SMILES string of the molecule is CCCCCCCCCCCCCCCCCCCCCCCC#CC1=C(c2cccc(CCCC)c2)[N+](=[N-])C(c2cccc(CCCC)c2)=C1.[CH2-]CCCCCCCCCC.[CH2-]CCCCCCCCCC.[Ni+2]. The van der Waals surface area contributed by atoms with Gasteiger partial charge in [-0.2, -0.15) is 12.8 Å². The quantitative estimate of drug-likeness (QED) is 0.0208. The summed E-state index contributed by atoms with van der Waals surface area (Å²) in [5.74, 6) is 6.96. The van der Waals surface area contributed by atoms with Crippen LogP contribution in [0.5, 0.6) is 0 Å². The normalized spacial score (nSPS) is 11.9. The molecule has 0 N–H and O–H groups in total. The molecule has 0 amide bonds. The van der Waals surface area contributed by atoms with E-state index in [1.165, 1.54) is 273 Å². The standard InChI is InChI=1S/C49H74N2.2C11H23.Ni/c1-4-7-10-11-12-13-14-15-16-17-18-19-20-21-22-23-24-25-26-27-28-29-30-37-47-42-48(45-38-31-35-43(40-45)33-8-5-2)51(50)49(47)46-39-32-36-44(41-46)34-9-6-3;2*1-3-5-7-9-11-10-8-6-4-2;/h31-32,35-36,38-42H,4-29,33-34H2,1-3H3;2*1,3-11H2,2H3;/q;2*-1;+2. The Hall–Kier alpha value is -2.43. The average molecular weight is 1060 g/mol. The monoisotopic (exact) mass is 1060 g/mol. The van der Waals surface area contributed by atoms with E-state index in [4.69, 9.17) is 0 Å². The predicted molar refractivity (Wildman–Crippen MR) is 329 cm³/mol. The van der Waals surface area contributed by atoms with Crippen LogP contribution >= 0.6 is 0 Å². The van der Waals surface area contributed by atoms with Gasteiger partial charge in [0, 0.05) is 23.6 Å². The molecule has 2 aromatic rings. The maximum atomic E-state index is 11.6. The van der Waals surface area contributed by atoms with Crippen LogP contribution in [-0.4, -0.2) is 4.70 Å². The number of benzene rings is 2. The molecule has 1 aliphatic rings. The van der Waals surface area contributed by atoms with Crippen molar-refractivity contribution in [1.29, 1.82) is 0 Å². The minimum atomic E-state index is 0. The number of aryl methyl sites for hydroxylation is 2. The summed E-state index contributed by atoms with van der Waals surface area (Å²) in [5.41, 5.74) is 18.9. The Bertz CT molecular complexity index is 1640. The summed E-state index contributed by atoms with van der Waals surface area (Å²) in [6, 6.07) is 17.3. The fraction of sp³-hybridized carbons (Fsp3) is 0.718. The van der Waals surface area contributed by atoms with Gasteiger partial charge in [-0.1, -0.05) is 315 Å². The number of unbranched alkanes of at least 4 members (excludes halogenated alkanes) is 39. The van der Waals surface area contributed by atoms with E-state index in [2.05, 4.69) is 115 Å².